The fourth-order valence-electron chi connectivity index (χ4n) is 2.22. The standard InChI is InChI=1S/C15H21ClN4O7S/c1-14(2)26-10-15(11-27-14,20(22)23)19(21)17-8-3-9-18-28(24,25)13-6-4-12(16)5-7-13/h4-7,18H,3,8-11H2,1-2H3. The molecular weight excluding hydrogens is 416 g/mol. The van der Waals surface area contributed by atoms with Crippen molar-refractivity contribution >= 4 is 21.6 Å². The average molecular weight is 437 g/mol. The van der Waals surface area contributed by atoms with Crippen molar-refractivity contribution in [3.8, 4) is 0 Å². The number of ether oxygens (including phenoxy) is 2. The summed E-state index contributed by atoms with van der Waals surface area (Å²) in [7, 11) is -3.73. The van der Waals surface area contributed by atoms with Crippen LogP contribution in [0.3, 0.4) is 0 Å². The van der Waals surface area contributed by atoms with Gasteiger partial charge in [-0.3, -0.25) is 10.1 Å². The predicted molar refractivity (Wildman–Crippen MR) is 97.9 cm³/mol. The summed E-state index contributed by atoms with van der Waals surface area (Å²) in [5.74, 6) is -1.03. The first-order valence-corrected chi connectivity index (χ1v) is 10.2. The van der Waals surface area contributed by atoms with Gasteiger partial charge in [0.15, 0.2) is 19.0 Å². The number of hydrogen-bond donors (Lipinski definition) is 1. The molecular formula is C15H21ClN4O7S. The van der Waals surface area contributed by atoms with Gasteiger partial charge in [-0.1, -0.05) is 11.6 Å². The van der Waals surface area contributed by atoms with E-state index in [1.54, 1.807) is 13.8 Å². The lowest BCUT2D eigenvalue weighted by molar-refractivity contribution is -0.827. The van der Waals surface area contributed by atoms with E-state index < -0.39 is 39.6 Å². The highest BCUT2D eigenvalue weighted by atomic mass is 35.5. The van der Waals surface area contributed by atoms with Gasteiger partial charge in [-0.05, 0) is 54.5 Å². The molecule has 0 unspecified atom stereocenters. The molecule has 28 heavy (non-hydrogen) atoms. The maximum Gasteiger partial charge on any atom is 0.483 e. The van der Waals surface area contributed by atoms with E-state index in [2.05, 4.69) is 9.84 Å². The molecule has 0 bridgehead atoms. The molecule has 1 aliphatic rings. The van der Waals surface area contributed by atoms with Gasteiger partial charge in [0, 0.05) is 11.6 Å². The topological polar surface area (TPSA) is 146 Å². The van der Waals surface area contributed by atoms with Gasteiger partial charge < -0.3 is 14.7 Å². The van der Waals surface area contributed by atoms with Gasteiger partial charge in [-0.2, -0.15) is 0 Å². The molecule has 1 aromatic carbocycles. The minimum Gasteiger partial charge on any atom is -0.594 e. The van der Waals surface area contributed by atoms with Gasteiger partial charge in [0.1, 0.15) is 11.5 Å². The van der Waals surface area contributed by atoms with Gasteiger partial charge in [-0.15, -0.1) is 0 Å². The highest BCUT2D eigenvalue weighted by Gasteiger charge is 2.59. The molecule has 0 amide bonds. The van der Waals surface area contributed by atoms with Crippen molar-refractivity contribution < 1.29 is 27.7 Å². The normalized spacial score (nSPS) is 19.3. The van der Waals surface area contributed by atoms with Crippen molar-refractivity contribution in [1.82, 2.24) is 4.72 Å². The molecule has 1 aromatic rings. The number of halogens is 1. The van der Waals surface area contributed by atoms with Crippen LogP contribution in [0, 0.1) is 15.3 Å². The summed E-state index contributed by atoms with van der Waals surface area (Å²) in [4.78, 5) is 10.6. The van der Waals surface area contributed by atoms with Gasteiger partial charge in [0.05, 0.1) is 4.90 Å². The van der Waals surface area contributed by atoms with E-state index in [1.165, 1.54) is 24.3 Å². The number of hydrogen-bond acceptors (Lipinski definition) is 8. The second kappa shape index (κ2) is 8.66. The van der Waals surface area contributed by atoms with Crippen LogP contribution in [0.4, 0.5) is 0 Å². The van der Waals surface area contributed by atoms with Crippen molar-refractivity contribution in [3.63, 3.8) is 0 Å². The second-order valence-corrected chi connectivity index (χ2v) is 8.76. The zero-order valence-electron chi connectivity index (χ0n) is 15.3. The lowest BCUT2D eigenvalue weighted by Crippen LogP contribution is -2.60. The Kier molecular flexibility index (Phi) is 6.93. The van der Waals surface area contributed by atoms with E-state index >= 15 is 0 Å². The third kappa shape index (κ3) is 5.35. The molecule has 0 radical (unpaired) electrons. The Balaban J connectivity index is 1.91. The van der Waals surface area contributed by atoms with Crippen molar-refractivity contribution in [2.45, 2.75) is 36.6 Å². The van der Waals surface area contributed by atoms with Gasteiger partial charge in [0.25, 0.3) is 0 Å². The Morgan fingerprint density at radius 3 is 2.32 bits per heavy atom. The van der Waals surface area contributed by atoms with E-state index in [0.717, 1.165) is 0 Å². The number of azo groups is 1. The van der Waals surface area contributed by atoms with Crippen LogP contribution in [-0.4, -0.2) is 56.0 Å². The van der Waals surface area contributed by atoms with Gasteiger partial charge >= 0.3 is 5.66 Å². The second-order valence-electron chi connectivity index (χ2n) is 6.56. The quantitative estimate of drug-likeness (QED) is 0.163. The molecule has 0 saturated carbocycles. The van der Waals surface area contributed by atoms with Crippen LogP contribution in [-0.2, 0) is 19.5 Å². The first-order chi connectivity index (χ1) is 13.0. The summed E-state index contributed by atoms with van der Waals surface area (Å²) in [6.45, 7) is 2.07. The number of nitrogens with one attached hydrogen (secondary N) is 1. The third-order valence-electron chi connectivity index (χ3n) is 3.98. The van der Waals surface area contributed by atoms with Crippen LogP contribution in [0.1, 0.15) is 20.3 Å². The maximum absolute atomic E-state index is 12.2. The van der Waals surface area contributed by atoms with E-state index in [0.29, 0.717) is 5.02 Å². The molecule has 2 rings (SSSR count). The fraction of sp³-hybridized carbons (Fsp3) is 0.600. The summed E-state index contributed by atoms with van der Waals surface area (Å²) >= 11 is 5.72. The molecule has 0 atom stereocenters. The van der Waals surface area contributed by atoms with Crippen molar-refractivity contribution in [1.29, 1.82) is 0 Å². The van der Waals surface area contributed by atoms with E-state index in [4.69, 9.17) is 21.1 Å². The Bertz CT molecular complexity index is 832. The SMILES string of the molecule is CC1(C)OCC([N+](=O)[O-])([N+]([O-])=NCCCNS(=O)(=O)c2ccc(Cl)cc2)CO1. The average Bonchev–Trinajstić information content (AvgIpc) is 2.61. The van der Waals surface area contributed by atoms with Gasteiger partial charge in [0.2, 0.25) is 10.0 Å². The summed E-state index contributed by atoms with van der Waals surface area (Å²) in [6, 6.07) is 5.63. The number of rotatable bonds is 8. The lowest BCUT2D eigenvalue weighted by Gasteiger charge is -2.34. The molecule has 156 valence electrons. The van der Waals surface area contributed by atoms with E-state index in [1.807, 2.05) is 0 Å². The number of nitro groups is 1. The molecule has 1 saturated heterocycles. The lowest BCUT2D eigenvalue weighted by atomic mass is 10.2. The smallest absolute Gasteiger partial charge is 0.483 e. The molecule has 0 spiro atoms. The van der Waals surface area contributed by atoms with Crippen LogP contribution in [0.5, 0.6) is 0 Å². The molecule has 1 fully saturated rings. The molecule has 0 aromatic heterocycles. The van der Waals surface area contributed by atoms with Crippen molar-refractivity contribution in [3.05, 3.63) is 44.6 Å². The molecule has 1 heterocycles. The molecule has 13 heteroatoms. The van der Waals surface area contributed by atoms with Crippen LogP contribution < -0.4 is 4.72 Å². The fourth-order valence-corrected chi connectivity index (χ4v) is 3.42. The van der Waals surface area contributed by atoms with Crippen LogP contribution in [0.15, 0.2) is 34.3 Å². The third-order valence-corrected chi connectivity index (χ3v) is 5.71. The maximum atomic E-state index is 12.2. The highest BCUT2D eigenvalue weighted by molar-refractivity contribution is 7.89. The first kappa shape index (κ1) is 22.4. The summed E-state index contributed by atoms with van der Waals surface area (Å²) in [5, 5.41) is 27.6. The molecule has 11 nitrogen and oxygen atoms in total. The predicted octanol–water partition coefficient (Wildman–Crippen LogP) is 1.73. The molecule has 1 N–H and O–H groups in total. The Labute approximate surface area is 167 Å². The zero-order valence-corrected chi connectivity index (χ0v) is 16.9. The number of sulfonamides is 1. The summed E-state index contributed by atoms with van der Waals surface area (Å²) in [5.41, 5.74) is -2.17. The number of benzene rings is 1. The van der Waals surface area contributed by atoms with Gasteiger partial charge in [-0.25, -0.2) is 13.1 Å². The van der Waals surface area contributed by atoms with Crippen LogP contribution in [0.2, 0.25) is 5.02 Å². The van der Waals surface area contributed by atoms with E-state index in [-0.39, 0.29) is 29.3 Å². The number of nitrogens with zero attached hydrogens (tertiary/aromatic N) is 3. The Morgan fingerprint density at radius 1 is 1.21 bits per heavy atom. The van der Waals surface area contributed by atoms with Crippen LogP contribution >= 0.6 is 11.6 Å². The minimum atomic E-state index is -3.73. The monoisotopic (exact) mass is 436 g/mol. The zero-order chi connectivity index (χ0) is 21.0. The first-order valence-electron chi connectivity index (χ1n) is 8.31. The largest absolute Gasteiger partial charge is 0.594 e. The Morgan fingerprint density at radius 2 is 1.79 bits per heavy atom. The Hall–Kier alpha value is -1.86. The van der Waals surface area contributed by atoms with E-state index in [9.17, 15) is 23.7 Å². The van der Waals surface area contributed by atoms with Crippen LogP contribution in [0.25, 0.3) is 0 Å². The minimum absolute atomic E-state index is 0.00616. The molecule has 1 aliphatic heterocycles. The summed E-state index contributed by atoms with van der Waals surface area (Å²) in [6.07, 6.45) is 0.159. The number of hydroxylamine groups is 1. The molecule has 0 aliphatic carbocycles. The van der Waals surface area contributed by atoms with Crippen molar-refractivity contribution in [2.75, 3.05) is 26.3 Å². The van der Waals surface area contributed by atoms with Crippen molar-refractivity contribution in [2.24, 2.45) is 5.11 Å². The summed E-state index contributed by atoms with van der Waals surface area (Å²) < 4.78 is 37.0. The highest BCUT2D eigenvalue weighted by Crippen LogP contribution is 2.26.